The molecule has 1 aromatic heterocycles. The van der Waals surface area contributed by atoms with E-state index in [9.17, 15) is 9.90 Å². The van der Waals surface area contributed by atoms with E-state index in [1.165, 1.54) is 0 Å². The highest BCUT2D eigenvalue weighted by Crippen LogP contribution is 2.24. The van der Waals surface area contributed by atoms with Gasteiger partial charge in [-0.3, -0.25) is 4.79 Å². The first-order valence-corrected chi connectivity index (χ1v) is 10.3. The predicted molar refractivity (Wildman–Crippen MR) is 114 cm³/mol. The molecule has 0 aliphatic carbocycles. The second-order valence-corrected chi connectivity index (χ2v) is 7.70. The molecule has 1 saturated heterocycles. The van der Waals surface area contributed by atoms with Crippen LogP contribution < -0.4 is 10.1 Å². The number of carboxylic acid groups (broad SMARTS) is 1. The van der Waals surface area contributed by atoms with Crippen LogP contribution in [-0.4, -0.2) is 35.8 Å². The smallest absolute Gasteiger partial charge is 0.308 e. The maximum absolute atomic E-state index is 11.3. The number of benzene rings is 2. The van der Waals surface area contributed by atoms with E-state index in [1.54, 1.807) is 0 Å². The van der Waals surface area contributed by atoms with Crippen molar-refractivity contribution in [2.45, 2.75) is 19.8 Å². The van der Waals surface area contributed by atoms with Gasteiger partial charge in [-0.05, 0) is 55.6 Å². The molecule has 1 aliphatic rings. The largest absolute Gasteiger partial charge is 0.493 e. The Balaban J connectivity index is 1.30. The van der Waals surface area contributed by atoms with Crippen LogP contribution in [0.5, 0.6) is 5.75 Å². The summed E-state index contributed by atoms with van der Waals surface area (Å²) in [6.45, 7) is 3.73. The summed E-state index contributed by atoms with van der Waals surface area (Å²) in [7, 11) is 0. The molecule has 3 aromatic rings. The van der Waals surface area contributed by atoms with E-state index in [2.05, 4.69) is 10.3 Å². The predicted octanol–water partition coefficient (Wildman–Crippen LogP) is 3.73. The molecule has 0 saturated carbocycles. The number of hydrogen-bond donors (Lipinski definition) is 2. The average molecular weight is 406 g/mol. The molecule has 2 aromatic carbocycles. The molecule has 1 fully saturated rings. The monoisotopic (exact) mass is 406 g/mol. The number of aliphatic carboxylic acids is 1. The van der Waals surface area contributed by atoms with Gasteiger partial charge in [0.25, 0.3) is 0 Å². The summed E-state index contributed by atoms with van der Waals surface area (Å²) in [6.07, 6.45) is 1.42. The van der Waals surface area contributed by atoms with Crippen molar-refractivity contribution in [2.75, 3.05) is 19.7 Å². The number of carboxylic acids is 1. The summed E-state index contributed by atoms with van der Waals surface area (Å²) in [6, 6.07) is 17.8. The lowest BCUT2D eigenvalue weighted by Gasteiger charge is -2.14. The molecule has 0 spiro atoms. The van der Waals surface area contributed by atoms with E-state index in [0.717, 1.165) is 41.3 Å². The fourth-order valence-electron chi connectivity index (χ4n) is 3.89. The highest BCUT2D eigenvalue weighted by molar-refractivity contribution is 5.71. The zero-order chi connectivity index (χ0) is 20.9. The number of nitrogens with one attached hydrogen (secondary N) is 1. The van der Waals surface area contributed by atoms with Gasteiger partial charge in [-0.2, -0.15) is 0 Å². The SMILES string of the molecule is Cc1oc(-c2ccccc2)nc1CCOc1ccc(C[C@@H]2CNC[C@@H]2C(=O)O)cc1. The summed E-state index contributed by atoms with van der Waals surface area (Å²) < 4.78 is 11.7. The molecule has 2 atom stereocenters. The van der Waals surface area contributed by atoms with E-state index in [0.29, 0.717) is 25.5 Å². The van der Waals surface area contributed by atoms with Crippen molar-refractivity contribution < 1.29 is 19.1 Å². The highest BCUT2D eigenvalue weighted by atomic mass is 16.5. The molecule has 6 heteroatoms. The first-order valence-electron chi connectivity index (χ1n) is 10.3. The number of aromatic nitrogens is 1. The van der Waals surface area contributed by atoms with Crippen LogP contribution in [0, 0.1) is 18.8 Å². The zero-order valence-corrected chi connectivity index (χ0v) is 17.0. The Hall–Kier alpha value is -3.12. The van der Waals surface area contributed by atoms with Crippen LogP contribution in [0.4, 0.5) is 0 Å². The summed E-state index contributed by atoms with van der Waals surface area (Å²) in [5, 5.41) is 12.5. The maximum Gasteiger partial charge on any atom is 0.308 e. The highest BCUT2D eigenvalue weighted by Gasteiger charge is 2.32. The molecule has 6 nitrogen and oxygen atoms in total. The third kappa shape index (κ3) is 4.71. The van der Waals surface area contributed by atoms with Gasteiger partial charge in [-0.25, -0.2) is 4.98 Å². The number of aryl methyl sites for hydroxylation is 1. The molecular formula is C24H26N2O4. The van der Waals surface area contributed by atoms with E-state index in [1.807, 2.05) is 61.5 Å². The molecule has 156 valence electrons. The number of carbonyl (C=O) groups is 1. The maximum atomic E-state index is 11.3. The van der Waals surface area contributed by atoms with E-state index < -0.39 is 5.97 Å². The Morgan fingerprint density at radius 3 is 2.67 bits per heavy atom. The van der Waals surface area contributed by atoms with Gasteiger partial charge in [-0.15, -0.1) is 0 Å². The number of hydrogen-bond acceptors (Lipinski definition) is 5. The average Bonchev–Trinajstić information content (AvgIpc) is 3.37. The molecule has 30 heavy (non-hydrogen) atoms. The van der Waals surface area contributed by atoms with Gasteiger partial charge < -0.3 is 19.6 Å². The fraction of sp³-hybridized carbons (Fsp3) is 0.333. The van der Waals surface area contributed by atoms with Crippen LogP contribution in [0.1, 0.15) is 17.0 Å². The molecule has 0 radical (unpaired) electrons. The Morgan fingerprint density at radius 1 is 1.17 bits per heavy atom. The Morgan fingerprint density at radius 2 is 1.93 bits per heavy atom. The number of nitrogens with zero attached hydrogens (tertiary/aromatic N) is 1. The van der Waals surface area contributed by atoms with Crippen LogP contribution in [-0.2, 0) is 17.6 Å². The quantitative estimate of drug-likeness (QED) is 0.593. The standard InChI is InChI=1S/C24H26N2O4/c1-16-22(26-23(30-16)18-5-3-2-4-6-18)11-12-29-20-9-7-17(8-10-20)13-19-14-25-15-21(19)24(27)28/h2-10,19,21,25H,11-15H2,1H3,(H,27,28)/t19-,21+/m1/s1. The molecule has 2 N–H and O–H groups in total. The van der Waals surface area contributed by atoms with Crippen molar-refractivity contribution in [1.82, 2.24) is 10.3 Å². The van der Waals surface area contributed by atoms with Crippen LogP contribution >= 0.6 is 0 Å². The van der Waals surface area contributed by atoms with Crippen LogP contribution in [0.25, 0.3) is 11.5 Å². The second-order valence-electron chi connectivity index (χ2n) is 7.70. The number of oxazole rings is 1. The summed E-state index contributed by atoms with van der Waals surface area (Å²) in [4.78, 5) is 15.9. The second kappa shape index (κ2) is 9.13. The minimum absolute atomic E-state index is 0.128. The Bertz CT molecular complexity index is 982. The zero-order valence-electron chi connectivity index (χ0n) is 17.0. The van der Waals surface area contributed by atoms with Gasteiger partial charge in [0.15, 0.2) is 0 Å². The van der Waals surface area contributed by atoms with Crippen molar-refractivity contribution in [3.05, 3.63) is 71.6 Å². The van der Waals surface area contributed by atoms with Crippen LogP contribution in [0.15, 0.2) is 59.0 Å². The minimum atomic E-state index is -0.719. The fourth-order valence-corrected chi connectivity index (χ4v) is 3.89. The lowest BCUT2D eigenvalue weighted by molar-refractivity contribution is -0.142. The molecule has 0 unspecified atom stereocenters. The summed E-state index contributed by atoms with van der Waals surface area (Å²) in [5.74, 6) is 1.33. The lowest BCUT2D eigenvalue weighted by atomic mass is 9.90. The Labute approximate surface area is 175 Å². The number of ether oxygens (including phenoxy) is 1. The van der Waals surface area contributed by atoms with Crippen LogP contribution in [0.2, 0.25) is 0 Å². The summed E-state index contributed by atoms with van der Waals surface area (Å²) in [5.41, 5.74) is 2.99. The van der Waals surface area contributed by atoms with Gasteiger partial charge in [0, 0.05) is 18.5 Å². The van der Waals surface area contributed by atoms with Crippen molar-refractivity contribution >= 4 is 5.97 Å². The van der Waals surface area contributed by atoms with Crippen molar-refractivity contribution in [3.8, 4) is 17.2 Å². The molecule has 4 rings (SSSR count). The first-order chi connectivity index (χ1) is 14.6. The van der Waals surface area contributed by atoms with Gasteiger partial charge in [0.2, 0.25) is 5.89 Å². The third-order valence-corrected chi connectivity index (χ3v) is 5.60. The van der Waals surface area contributed by atoms with Crippen molar-refractivity contribution in [1.29, 1.82) is 0 Å². The molecular weight excluding hydrogens is 380 g/mol. The first kappa shape index (κ1) is 20.2. The van der Waals surface area contributed by atoms with E-state index in [-0.39, 0.29) is 11.8 Å². The molecule has 2 heterocycles. The number of rotatable bonds is 8. The molecule has 0 amide bonds. The topological polar surface area (TPSA) is 84.6 Å². The van der Waals surface area contributed by atoms with Crippen LogP contribution in [0.3, 0.4) is 0 Å². The molecule has 0 bridgehead atoms. The van der Waals surface area contributed by atoms with E-state index in [4.69, 9.17) is 9.15 Å². The summed E-state index contributed by atoms with van der Waals surface area (Å²) >= 11 is 0. The van der Waals surface area contributed by atoms with Crippen molar-refractivity contribution in [2.24, 2.45) is 11.8 Å². The lowest BCUT2D eigenvalue weighted by Crippen LogP contribution is -2.23. The van der Waals surface area contributed by atoms with Gasteiger partial charge in [0.1, 0.15) is 11.5 Å². The third-order valence-electron chi connectivity index (χ3n) is 5.60. The Kier molecular flexibility index (Phi) is 6.14. The minimum Gasteiger partial charge on any atom is -0.493 e. The van der Waals surface area contributed by atoms with Gasteiger partial charge in [0.05, 0.1) is 18.2 Å². The van der Waals surface area contributed by atoms with E-state index >= 15 is 0 Å². The normalized spacial score (nSPS) is 18.4. The van der Waals surface area contributed by atoms with Gasteiger partial charge >= 0.3 is 5.97 Å². The van der Waals surface area contributed by atoms with Gasteiger partial charge in [-0.1, -0.05) is 30.3 Å². The van der Waals surface area contributed by atoms with Crippen molar-refractivity contribution in [3.63, 3.8) is 0 Å². The molecule has 1 aliphatic heterocycles.